The number of amides is 1. The van der Waals surface area contributed by atoms with Crippen molar-refractivity contribution in [3.63, 3.8) is 0 Å². The molecule has 0 radical (unpaired) electrons. The summed E-state index contributed by atoms with van der Waals surface area (Å²) in [6, 6.07) is 2.10. The molecule has 0 aromatic carbocycles. The predicted octanol–water partition coefficient (Wildman–Crippen LogP) is 2.55. The molecule has 3 nitrogen and oxygen atoms in total. The quantitative estimate of drug-likeness (QED) is 0.869. The average Bonchev–Trinajstić information content (AvgIpc) is 2.85. The van der Waals surface area contributed by atoms with E-state index in [9.17, 15) is 4.79 Å². The maximum atomic E-state index is 12.6. The van der Waals surface area contributed by atoms with Crippen molar-refractivity contribution < 1.29 is 4.79 Å². The van der Waals surface area contributed by atoms with Crippen LogP contribution in [-0.2, 0) is 11.2 Å². The minimum Gasteiger partial charge on any atom is -0.393 e. The molecule has 2 N–H and O–H groups in total. The van der Waals surface area contributed by atoms with Crippen LogP contribution in [-0.4, -0.2) is 29.4 Å². The molecule has 0 bridgehead atoms. The minimum atomic E-state index is 0.0264. The van der Waals surface area contributed by atoms with Crippen LogP contribution in [0, 0.1) is 5.92 Å². The lowest BCUT2D eigenvalue weighted by Gasteiger charge is -2.28. The zero-order valence-electron chi connectivity index (χ0n) is 11.4. The molecule has 0 saturated carbocycles. The Hall–Kier alpha value is -0.940. The predicted molar refractivity (Wildman–Crippen MR) is 83.6 cm³/mol. The largest absolute Gasteiger partial charge is 0.393 e. The maximum Gasteiger partial charge on any atom is 0.229 e. The number of carbonyl (C=O) groups excluding carboxylic acids is 1. The molecule has 1 heterocycles. The minimum absolute atomic E-state index is 0.0264. The van der Waals surface area contributed by atoms with Crippen LogP contribution in [0.4, 0.5) is 0 Å². The van der Waals surface area contributed by atoms with Crippen LogP contribution in [0.5, 0.6) is 0 Å². The lowest BCUT2D eigenvalue weighted by atomic mass is 9.86. The normalized spacial score (nSPS) is 19.6. The lowest BCUT2D eigenvalue weighted by Crippen LogP contribution is -2.38. The second kappa shape index (κ2) is 6.01. The first-order chi connectivity index (χ1) is 9.00. The summed E-state index contributed by atoms with van der Waals surface area (Å²) in [7, 11) is 1.84. The Morgan fingerprint density at radius 2 is 2.42 bits per heavy atom. The van der Waals surface area contributed by atoms with Crippen molar-refractivity contribution in [3.05, 3.63) is 21.9 Å². The van der Waals surface area contributed by atoms with Crippen molar-refractivity contribution in [2.75, 3.05) is 13.6 Å². The number of carbonyl (C=O) groups is 1. The fraction of sp³-hybridized carbons (Fsp3) is 0.571. The van der Waals surface area contributed by atoms with Crippen molar-refractivity contribution >= 4 is 34.5 Å². The molecule has 19 heavy (non-hydrogen) atoms. The van der Waals surface area contributed by atoms with Gasteiger partial charge in [-0.1, -0.05) is 19.1 Å². The Morgan fingerprint density at radius 3 is 3.11 bits per heavy atom. The molecule has 2 atom stereocenters. The molecular formula is C14H20N2OS2. The molecule has 2 rings (SSSR count). The summed E-state index contributed by atoms with van der Waals surface area (Å²) in [4.78, 5) is 16.2. The van der Waals surface area contributed by atoms with Gasteiger partial charge in [0.1, 0.15) is 0 Å². The number of thiocarbonyl (C=S) groups is 1. The van der Waals surface area contributed by atoms with Crippen LogP contribution in [0.15, 0.2) is 11.4 Å². The zero-order chi connectivity index (χ0) is 14.0. The topological polar surface area (TPSA) is 46.3 Å². The van der Waals surface area contributed by atoms with E-state index in [0.717, 1.165) is 19.3 Å². The van der Waals surface area contributed by atoms with Gasteiger partial charge in [-0.05, 0) is 36.3 Å². The molecule has 0 spiro atoms. The Bertz CT molecular complexity index is 484. The summed E-state index contributed by atoms with van der Waals surface area (Å²) >= 11 is 6.74. The summed E-state index contributed by atoms with van der Waals surface area (Å²) in [5.41, 5.74) is 6.85. The van der Waals surface area contributed by atoms with Crippen LogP contribution in [0.2, 0.25) is 0 Å². The molecule has 0 aliphatic heterocycles. The Balaban J connectivity index is 2.07. The Morgan fingerprint density at radius 1 is 1.68 bits per heavy atom. The molecule has 5 heteroatoms. The van der Waals surface area contributed by atoms with Gasteiger partial charge in [-0.2, -0.15) is 0 Å². The molecule has 0 saturated heterocycles. The molecule has 1 amide bonds. The molecule has 1 aromatic rings. The molecule has 1 aliphatic rings. The number of rotatable bonds is 4. The number of likely N-dealkylation sites (N-methyl/N-ethyl adjacent to an activating group) is 1. The number of hydrogen-bond donors (Lipinski definition) is 1. The van der Waals surface area contributed by atoms with Gasteiger partial charge in [-0.3, -0.25) is 4.79 Å². The monoisotopic (exact) mass is 296 g/mol. The van der Waals surface area contributed by atoms with Gasteiger partial charge in [0.15, 0.2) is 0 Å². The number of hydrogen-bond acceptors (Lipinski definition) is 3. The molecule has 0 fully saturated rings. The fourth-order valence-electron chi connectivity index (χ4n) is 2.60. The zero-order valence-corrected chi connectivity index (χ0v) is 13.0. The van der Waals surface area contributed by atoms with Crippen molar-refractivity contribution in [2.45, 2.75) is 32.1 Å². The van der Waals surface area contributed by atoms with Gasteiger partial charge < -0.3 is 10.6 Å². The molecule has 2 unspecified atom stereocenters. The van der Waals surface area contributed by atoms with E-state index in [-0.39, 0.29) is 17.7 Å². The summed E-state index contributed by atoms with van der Waals surface area (Å²) in [6.45, 7) is 2.56. The Kier molecular flexibility index (Phi) is 4.58. The highest BCUT2D eigenvalue weighted by atomic mass is 32.1. The van der Waals surface area contributed by atoms with Crippen molar-refractivity contribution in [3.8, 4) is 0 Å². The number of nitrogens with zero attached hydrogens (tertiary/aromatic N) is 1. The maximum absolute atomic E-state index is 12.6. The third-order valence-electron chi connectivity index (χ3n) is 3.76. The van der Waals surface area contributed by atoms with Crippen molar-refractivity contribution in [2.24, 2.45) is 11.7 Å². The van der Waals surface area contributed by atoms with E-state index in [0.29, 0.717) is 11.5 Å². The van der Waals surface area contributed by atoms with Crippen molar-refractivity contribution in [1.82, 2.24) is 4.90 Å². The summed E-state index contributed by atoms with van der Waals surface area (Å²) < 4.78 is 0. The van der Waals surface area contributed by atoms with Gasteiger partial charge in [-0.15, -0.1) is 11.3 Å². The summed E-state index contributed by atoms with van der Waals surface area (Å²) in [5, 5.41) is 2.09. The van der Waals surface area contributed by atoms with E-state index in [1.807, 2.05) is 14.0 Å². The molecule has 1 aliphatic carbocycles. The van der Waals surface area contributed by atoms with E-state index in [2.05, 4.69) is 11.4 Å². The first-order valence-electron chi connectivity index (χ1n) is 6.61. The lowest BCUT2D eigenvalue weighted by molar-refractivity contribution is -0.132. The SMILES string of the molecule is CC(CN(C)C(=O)C1CCCc2sccc21)C(N)=S. The van der Waals surface area contributed by atoms with E-state index in [1.54, 1.807) is 16.2 Å². The van der Waals surface area contributed by atoms with E-state index in [1.165, 1.54) is 10.4 Å². The highest BCUT2D eigenvalue weighted by Crippen LogP contribution is 2.35. The van der Waals surface area contributed by atoms with Gasteiger partial charge in [0.05, 0.1) is 10.9 Å². The Labute approximate surface area is 123 Å². The first-order valence-corrected chi connectivity index (χ1v) is 7.90. The smallest absolute Gasteiger partial charge is 0.229 e. The number of thiophene rings is 1. The van der Waals surface area contributed by atoms with Crippen LogP contribution < -0.4 is 5.73 Å². The number of fused-ring (bicyclic) bond motifs is 1. The number of aryl methyl sites for hydroxylation is 1. The highest BCUT2D eigenvalue weighted by Gasteiger charge is 2.29. The van der Waals surface area contributed by atoms with Gasteiger partial charge in [0, 0.05) is 24.4 Å². The second-order valence-corrected chi connectivity index (χ2v) is 6.74. The van der Waals surface area contributed by atoms with Crippen LogP contribution in [0.25, 0.3) is 0 Å². The second-order valence-electron chi connectivity index (χ2n) is 5.27. The number of nitrogens with two attached hydrogens (primary N) is 1. The fourth-order valence-corrected chi connectivity index (χ4v) is 3.66. The van der Waals surface area contributed by atoms with E-state index in [4.69, 9.17) is 18.0 Å². The van der Waals surface area contributed by atoms with E-state index >= 15 is 0 Å². The molecule has 1 aromatic heterocycles. The van der Waals surface area contributed by atoms with Gasteiger partial charge in [0.2, 0.25) is 5.91 Å². The van der Waals surface area contributed by atoms with E-state index < -0.39 is 0 Å². The van der Waals surface area contributed by atoms with Crippen LogP contribution in [0.1, 0.15) is 36.1 Å². The first kappa shape index (κ1) is 14.5. The third kappa shape index (κ3) is 3.15. The van der Waals surface area contributed by atoms with Crippen LogP contribution in [0.3, 0.4) is 0 Å². The third-order valence-corrected chi connectivity index (χ3v) is 5.16. The summed E-state index contributed by atoms with van der Waals surface area (Å²) in [6.07, 6.45) is 3.17. The van der Waals surface area contributed by atoms with Gasteiger partial charge >= 0.3 is 0 Å². The van der Waals surface area contributed by atoms with Gasteiger partial charge in [0.25, 0.3) is 0 Å². The van der Waals surface area contributed by atoms with Crippen LogP contribution >= 0.6 is 23.6 Å². The highest BCUT2D eigenvalue weighted by molar-refractivity contribution is 7.80. The standard InChI is InChI=1S/C14H20N2OS2/c1-9(13(15)18)8-16(2)14(17)11-4-3-5-12-10(11)6-7-19-12/h6-7,9,11H,3-5,8H2,1-2H3,(H2,15,18). The average molecular weight is 296 g/mol. The van der Waals surface area contributed by atoms with Gasteiger partial charge in [-0.25, -0.2) is 0 Å². The summed E-state index contributed by atoms with van der Waals surface area (Å²) in [5.74, 6) is 0.287. The molecular weight excluding hydrogens is 276 g/mol. The van der Waals surface area contributed by atoms with Crippen molar-refractivity contribution in [1.29, 1.82) is 0 Å². The molecule has 104 valence electrons.